The van der Waals surface area contributed by atoms with Crippen molar-refractivity contribution in [1.82, 2.24) is 0 Å². The second-order valence-corrected chi connectivity index (χ2v) is 9.55. The Morgan fingerprint density at radius 2 is 1.63 bits per heavy atom. The van der Waals surface area contributed by atoms with Crippen molar-refractivity contribution in [3.63, 3.8) is 0 Å². The van der Waals surface area contributed by atoms with Gasteiger partial charge in [-0.3, -0.25) is 4.21 Å². The molecule has 4 rings (SSSR count). The van der Waals surface area contributed by atoms with Gasteiger partial charge in [-0.05, 0) is 68.1 Å². The van der Waals surface area contributed by atoms with Gasteiger partial charge in [-0.1, -0.05) is 13.8 Å². The molecular weight excluding hydrogens is 254 g/mol. The normalized spacial score (nSPS) is 45.1. The fraction of sp³-hybridized carbons (Fsp3) is 1.00. The molecule has 4 aliphatic rings. The maximum atomic E-state index is 12.3. The third kappa shape index (κ3) is 2.53. The number of hydrogen-bond acceptors (Lipinski definition) is 2. The van der Waals surface area contributed by atoms with Crippen LogP contribution in [0.5, 0.6) is 0 Å². The second-order valence-electron chi connectivity index (χ2n) is 7.65. The Hall–Kier alpha value is 0.110. The van der Waals surface area contributed by atoms with E-state index < -0.39 is 10.8 Å². The summed E-state index contributed by atoms with van der Waals surface area (Å²) in [5, 5.41) is 0.306. The smallest absolute Gasteiger partial charge is 0.0394 e. The standard InChI is InChI=1S/C16H29NOS/c1-3-11(2)19(18)10-15(17)16-7-12-4-13(8-16)6-14(5-12)9-16/h11-15H,3-10,17H2,1-2H3. The molecule has 3 unspecified atom stereocenters. The molecule has 3 atom stereocenters. The van der Waals surface area contributed by atoms with Crippen molar-refractivity contribution in [3.05, 3.63) is 0 Å². The largest absolute Gasteiger partial charge is 0.326 e. The van der Waals surface area contributed by atoms with Crippen molar-refractivity contribution in [1.29, 1.82) is 0 Å². The molecule has 2 N–H and O–H groups in total. The van der Waals surface area contributed by atoms with Crippen LogP contribution in [0.2, 0.25) is 0 Å². The summed E-state index contributed by atoms with van der Waals surface area (Å²) in [5.74, 6) is 3.55. The van der Waals surface area contributed by atoms with Gasteiger partial charge in [0.15, 0.2) is 0 Å². The third-order valence-corrected chi connectivity index (χ3v) is 8.16. The predicted molar refractivity (Wildman–Crippen MR) is 81.3 cm³/mol. The third-order valence-electron chi connectivity index (χ3n) is 6.24. The Labute approximate surface area is 120 Å². The maximum absolute atomic E-state index is 12.3. The minimum atomic E-state index is -0.733. The topological polar surface area (TPSA) is 43.1 Å². The summed E-state index contributed by atoms with van der Waals surface area (Å²) in [5.41, 5.74) is 6.93. The summed E-state index contributed by atoms with van der Waals surface area (Å²) in [6.07, 6.45) is 9.37. The van der Waals surface area contributed by atoms with Gasteiger partial charge in [0.2, 0.25) is 0 Å². The van der Waals surface area contributed by atoms with Crippen LogP contribution in [0.15, 0.2) is 0 Å². The van der Waals surface area contributed by atoms with Crippen LogP contribution >= 0.6 is 0 Å². The molecule has 0 saturated heterocycles. The van der Waals surface area contributed by atoms with Crippen molar-refractivity contribution in [2.24, 2.45) is 28.9 Å². The van der Waals surface area contributed by atoms with Crippen molar-refractivity contribution in [2.45, 2.75) is 70.1 Å². The van der Waals surface area contributed by atoms with Gasteiger partial charge in [-0.15, -0.1) is 0 Å². The molecule has 0 aliphatic heterocycles. The van der Waals surface area contributed by atoms with Crippen molar-refractivity contribution >= 4 is 10.8 Å². The maximum Gasteiger partial charge on any atom is 0.0394 e. The van der Waals surface area contributed by atoms with E-state index in [0.29, 0.717) is 10.7 Å². The fourth-order valence-electron chi connectivity index (χ4n) is 5.34. The highest BCUT2D eigenvalue weighted by Gasteiger charge is 2.53. The van der Waals surface area contributed by atoms with Crippen molar-refractivity contribution in [2.75, 3.05) is 5.75 Å². The van der Waals surface area contributed by atoms with Gasteiger partial charge >= 0.3 is 0 Å². The average molecular weight is 283 g/mol. The molecule has 0 spiro atoms. The van der Waals surface area contributed by atoms with E-state index >= 15 is 0 Å². The minimum Gasteiger partial charge on any atom is -0.326 e. The first-order chi connectivity index (χ1) is 9.02. The van der Waals surface area contributed by atoms with Crippen LogP contribution in [0.1, 0.15) is 58.8 Å². The van der Waals surface area contributed by atoms with E-state index in [-0.39, 0.29) is 6.04 Å². The molecule has 4 aliphatic carbocycles. The number of hydrogen-bond donors (Lipinski definition) is 1. The average Bonchev–Trinajstić information content (AvgIpc) is 2.36. The van der Waals surface area contributed by atoms with E-state index in [1.165, 1.54) is 38.5 Å². The number of nitrogens with two attached hydrogens (primary N) is 1. The lowest BCUT2D eigenvalue weighted by molar-refractivity contribution is -0.0631. The van der Waals surface area contributed by atoms with Gasteiger partial charge < -0.3 is 5.73 Å². The Bertz CT molecular complexity index is 332. The molecule has 0 aromatic heterocycles. The first kappa shape index (κ1) is 14.1. The summed E-state index contributed by atoms with van der Waals surface area (Å²) in [6, 6.07) is 0.177. The van der Waals surface area contributed by atoms with Gasteiger partial charge in [-0.2, -0.15) is 0 Å². The molecule has 4 bridgehead atoms. The van der Waals surface area contributed by atoms with Crippen LogP contribution in [-0.4, -0.2) is 21.3 Å². The van der Waals surface area contributed by atoms with Crippen LogP contribution in [0.4, 0.5) is 0 Å². The van der Waals surface area contributed by atoms with Gasteiger partial charge in [0, 0.05) is 27.8 Å². The highest BCUT2D eigenvalue weighted by atomic mass is 32.2. The van der Waals surface area contributed by atoms with Gasteiger partial charge in [0.05, 0.1) is 0 Å². The van der Waals surface area contributed by atoms with Crippen LogP contribution in [-0.2, 0) is 10.8 Å². The summed E-state index contributed by atoms with van der Waals surface area (Å²) in [4.78, 5) is 0. The van der Waals surface area contributed by atoms with Gasteiger partial charge in [0.25, 0.3) is 0 Å². The number of rotatable bonds is 5. The molecule has 19 heavy (non-hydrogen) atoms. The van der Waals surface area contributed by atoms with Crippen LogP contribution in [0, 0.1) is 23.2 Å². The molecule has 0 aromatic carbocycles. The zero-order chi connectivity index (χ0) is 13.6. The molecule has 3 heteroatoms. The molecular formula is C16H29NOS. The molecule has 110 valence electrons. The molecule has 2 nitrogen and oxygen atoms in total. The SMILES string of the molecule is CCC(C)S(=O)CC(N)C12CC3CC(CC(C3)C1)C2. The fourth-order valence-corrected chi connectivity index (χ4v) is 6.74. The Kier molecular flexibility index (Phi) is 3.81. The summed E-state index contributed by atoms with van der Waals surface area (Å²) in [7, 11) is -0.733. The van der Waals surface area contributed by atoms with E-state index in [4.69, 9.17) is 5.73 Å². The lowest BCUT2D eigenvalue weighted by Crippen LogP contribution is -2.56. The van der Waals surface area contributed by atoms with E-state index in [0.717, 1.165) is 29.9 Å². The molecule has 0 radical (unpaired) electrons. The summed E-state index contributed by atoms with van der Waals surface area (Å²) >= 11 is 0. The Morgan fingerprint density at radius 1 is 1.16 bits per heavy atom. The molecule has 4 saturated carbocycles. The van der Waals surface area contributed by atoms with Gasteiger partial charge in [0.1, 0.15) is 0 Å². The summed E-state index contributed by atoms with van der Waals surface area (Å²) in [6.45, 7) is 4.22. The Morgan fingerprint density at radius 3 is 2.05 bits per heavy atom. The zero-order valence-corrected chi connectivity index (χ0v) is 13.3. The second kappa shape index (κ2) is 5.14. The predicted octanol–water partition coefficient (Wildman–Crippen LogP) is 3.08. The first-order valence-corrected chi connectivity index (χ1v) is 9.53. The van der Waals surface area contributed by atoms with Crippen molar-refractivity contribution < 1.29 is 4.21 Å². The highest BCUT2D eigenvalue weighted by molar-refractivity contribution is 7.85. The minimum absolute atomic E-state index is 0.177. The van der Waals surface area contributed by atoms with Crippen LogP contribution in [0.25, 0.3) is 0 Å². The molecule has 4 fully saturated rings. The van der Waals surface area contributed by atoms with Crippen LogP contribution < -0.4 is 5.73 Å². The quantitative estimate of drug-likeness (QED) is 0.842. The van der Waals surface area contributed by atoms with E-state index in [1.54, 1.807) is 0 Å². The first-order valence-electron chi connectivity index (χ1n) is 8.15. The lowest BCUT2D eigenvalue weighted by atomic mass is 9.48. The summed E-state index contributed by atoms with van der Waals surface area (Å²) < 4.78 is 12.3. The van der Waals surface area contributed by atoms with Crippen LogP contribution in [0.3, 0.4) is 0 Å². The monoisotopic (exact) mass is 283 g/mol. The van der Waals surface area contributed by atoms with Crippen molar-refractivity contribution in [3.8, 4) is 0 Å². The van der Waals surface area contributed by atoms with Gasteiger partial charge in [-0.25, -0.2) is 0 Å². The lowest BCUT2D eigenvalue weighted by Gasteiger charge is -2.59. The zero-order valence-electron chi connectivity index (χ0n) is 12.4. The molecule has 0 aromatic rings. The molecule has 0 heterocycles. The highest BCUT2D eigenvalue weighted by Crippen LogP contribution is 2.61. The molecule has 0 amide bonds. The Balaban J connectivity index is 1.69. The van der Waals surface area contributed by atoms with E-state index in [1.807, 2.05) is 0 Å². The van der Waals surface area contributed by atoms with E-state index in [2.05, 4.69) is 13.8 Å². The van der Waals surface area contributed by atoms with E-state index in [9.17, 15) is 4.21 Å².